The standard InChI is InChI=1S/C14H15N5/c1-3-9-4-5-11-14(13(9)15)18-12(7-16-11)10-6-17-19(2)8-10/h4-8H,3,15H2,1-2H3. The van der Waals surface area contributed by atoms with E-state index in [-0.39, 0.29) is 0 Å². The largest absolute Gasteiger partial charge is 0.397 e. The molecule has 96 valence electrons. The van der Waals surface area contributed by atoms with Crippen molar-refractivity contribution in [1.29, 1.82) is 0 Å². The fraction of sp³-hybridized carbons (Fsp3) is 0.214. The van der Waals surface area contributed by atoms with Crippen LogP contribution in [0.15, 0.2) is 30.7 Å². The van der Waals surface area contributed by atoms with E-state index in [0.717, 1.165) is 40.0 Å². The Hall–Kier alpha value is -2.43. The van der Waals surface area contributed by atoms with Gasteiger partial charge in [-0.15, -0.1) is 0 Å². The van der Waals surface area contributed by atoms with Crippen molar-refractivity contribution in [2.45, 2.75) is 13.3 Å². The second-order valence-electron chi connectivity index (χ2n) is 4.52. The zero-order chi connectivity index (χ0) is 13.4. The van der Waals surface area contributed by atoms with E-state index >= 15 is 0 Å². The lowest BCUT2D eigenvalue weighted by atomic mass is 10.1. The second kappa shape index (κ2) is 4.35. The van der Waals surface area contributed by atoms with Gasteiger partial charge < -0.3 is 5.73 Å². The summed E-state index contributed by atoms with van der Waals surface area (Å²) in [5.74, 6) is 0. The second-order valence-corrected chi connectivity index (χ2v) is 4.52. The van der Waals surface area contributed by atoms with Crippen LogP contribution in [0.1, 0.15) is 12.5 Å². The SMILES string of the molecule is CCc1ccc2ncc(-c3cnn(C)c3)nc2c1N. The van der Waals surface area contributed by atoms with Gasteiger partial charge in [-0.25, -0.2) is 4.98 Å². The van der Waals surface area contributed by atoms with E-state index in [9.17, 15) is 0 Å². The number of hydrogen-bond donors (Lipinski definition) is 1. The predicted octanol–water partition coefficient (Wildman–Crippen LogP) is 2.17. The van der Waals surface area contributed by atoms with Gasteiger partial charge in [-0.1, -0.05) is 13.0 Å². The summed E-state index contributed by atoms with van der Waals surface area (Å²) in [7, 11) is 1.88. The van der Waals surface area contributed by atoms with E-state index in [1.54, 1.807) is 17.1 Å². The van der Waals surface area contributed by atoms with Crippen molar-refractivity contribution in [2.24, 2.45) is 7.05 Å². The molecular formula is C14H15N5. The van der Waals surface area contributed by atoms with E-state index in [2.05, 4.69) is 22.0 Å². The Labute approximate surface area is 111 Å². The van der Waals surface area contributed by atoms with Gasteiger partial charge in [0, 0.05) is 18.8 Å². The number of nitrogen functional groups attached to an aromatic ring is 1. The van der Waals surface area contributed by atoms with Crippen LogP contribution < -0.4 is 5.73 Å². The molecule has 0 fully saturated rings. The molecule has 5 heteroatoms. The quantitative estimate of drug-likeness (QED) is 0.711. The van der Waals surface area contributed by atoms with E-state index in [1.807, 2.05) is 25.4 Å². The van der Waals surface area contributed by atoms with Crippen molar-refractivity contribution in [3.05, 3.63) is 36.3 Å². The number of benzene rings is 1. The number of hydrogen-bond acceptors (Lipinski definition) is 4. The molecule has 0 aliphatic heterocycles. The van der Waals surface area contributed by atoms with Crippen LogP contribution >= 0.6 is 0 Å². The van der Waals surface area contributed by atoms with Crippen molar-refractivity contribution < 1.29 is 0 Å². The first kappa shape index (κ1) is 11.6. The topological polar surface area (TPSA) is 69.6 Å². The van der Waals surface area contributed by atoms with Crippen molar-refractivity contribution in [2.75, 3.05) is 5.73 Å². The van der Waals surface area contributed by atoms with E-state index in [4.69, 9.17) is 5.73 Å². The highest BCUT2D eigenvalue weighted by Crippen LogP contribution is 2.25. The minimum absolute atomic E-state index is 0.721. The van der Waals surface area contributed by atoms with Gasteiger partial charge in [0.05, 0.1) is 29.3 Å². The number of anilines is 1. The first-order valence-electron chi connectivity index (χ1n) is 6.22. The lowest BCUT2D eigenvalue weighted by molar-refractivity contribution is 0.768. The van der Waals surface area contributed by atoms with Crippen LogP contribution in [0.3, 0.4) is 0 Å². The lowest BCUT2D eigenvalue weighted by Gasteiger charge is -2.07. The highest BCUT2D eigenvalue weighted by Gasteiger charge is 2.09. The monoisotopic (exact) mass is 253 g/mol. The van der Waals surface area contributed by atoms with Crippen LogP contribution in [0.5, 0.6) is 0 Å². The van der Waals surface area contributed by atoms with E-state index in [0.29, 0.717) is 0 Å². The molecule has 3 rings (SSSR count). The molecule has 0 radical (unpaired) electrons. The van der Waals surface area contributed by atoms with Crippen LogP contribution in [-0.4, -0.2) is 19.7 Å². The van der Waals surface area contributed by atoms with Gasteiger partial charge in [-0.3, -0.25) is 9.67 Å². The molecule has 2 heterocycles. The number of rotatable bonds is 2. The molecule has 0 saturated carbocycles. The minimum atomic E-state index is 0.721. The molecule has 0 atom stereocenters. The van der Waals surface area contributed by atoms with Crippen molar-refractivity contribution in [3.63, 3.8) is 0 Å². The van der Waals surface area contributed by atoms with Crippen LogP contribution in [0.2, 0.25) is 0 Å². The third-order valence-electron chi connectivity index (χ3n) is 3.23. The lowest BCUT2D eigenvalue weighted by Crippen LogP contribution is -1.98. The van der Waals surface area contributed by atoms with Gasteiger partial charge >= 0.3 is 0 Å². The number of aryl methyl sites for hydroxylation is 2. The molecule has 1 aromatic carbocycles. The number of fused-ring (bicyclic) bond motifs is 1. The summed E-state index contributed by atoms with van der Waals surface area (Å²) in [4.78, 5) is 9.05. The molecule has 0 aliphatic rings. The Bertz CT molecular complexity index is 745. The first-order chi connectivity index (χ1) is 9.19. The number of nitrogens with zero attached hydrogens (tertiary/aromatic N) is 4. The molecule has 0 saturated heterocycles. The summed E-state index contributed by atoms with van der Waals surface area (Å²) >= 11 is 0. The predicted molar refractivity (Wildman–Crippen MR) is 75.5 cm³/mol. The zero-order valence-corrected chi connectivity index (χ0v) is 11.0. The van der Waals surface area contributed by atoms with Crippen molar-refractivity contribution >= 4 is 16.7 Å². The average Bonchev–Trinajstić information content (AvgIpc) is 2.86. The molecule has 3 aromatic rings. The normalized spacial score (nSPS) is 11.1. The van der Waals surface area contributed by atoms with Crippen LogP contribution in [0.25, 0.3) is 22.3 Å². The third kappa shape index (κ3) is 1.93. The van der Waals surface area contributed by atoms with Crippen molar-refractivity contribution in [3.8, 4) is 11.3 Å². The molecular weight excluding hydrogens is 238 g/mol. The zero-order valence-electron chi connectivity index (χ0n) is 11.0. The molecule has 0 unspecified atom stereocenters. The average molecular weight is 253 g/mol. The smallest absolute Gasteiger partial charge is 0.113 e. The molecule has 0 aliphatic carbocycles. The van der Waals surface area contributed by atoms with E-state index in [1.165, 1.54) is 0 Å². The molecule has 5 nitrogen and oxygen atoms in total. The Morgan fingerprint density at radius 2 is 2.11 bits per heavy atom. The van der Waals surface area contributed by atoms with Crippen LogP contribution in [0.4, 0.5) is 5.69 Å². The maximum absolute atomic E-state index is 6.16. The minimum Gasteiger partial charge on any atom is -0.397 e. The summed E-state index contributed by atoms with van der Waals surface area (Å²) in [6, 6.07) is 3.97. The molecule has 2 N–H and O–H groups in total. The summed E-state index contributed by atoms with van der Waals surface area (Å²) < 4.78 is 1.74. The molecule has 0 amide bonds. The Morgan fingerprint density at radius 3 is 2.79 bits per heavy atom. The molecule has 0 spiro atoms. The highest BCUT2D eigenvalue weighted by molar-refractivity contribution is 5.89. The van der Waals surface area contributed by atoms with Gasteiger partial charge in [0.1, 0.15) is 5.52 Å². The summed E-state index contributed by atoms with van der Waals surface area (Å²) in [6.45, 7) is 2.08. The van der Waals surface area contributed by atoms with Gasteiger partial charge in [0.25, 0.3) is 0 Å². The summed E-state index contributed by atoms with van der Waals surface area (Å²) in [5.41, 5.74) is 11.3. The maximum atomic E-state index is 6.16. The van der Waals surface area contributed by atoms with Crippen LogP contribution in [0, 0.1) is 0 Å². The van der Waals surface area contributed by atoms with Gasteiger partial charge in [0.15, 0.2) is 0 Å². The first-order valence-corrected chi connectivity index (χ1v) is 6.22. The van der Waals surface area contributed by atoms with Crippen molar-refractivity contribution in [1.82, 2.24) is 19.7 Å². The number of nitrogens with two attached hydrogens (primary N) is 1. The maximum Gasteiger partial charge on any atom is 0.113 e. The molecule has 2 aromatic heterocycles. The summed E-state index contributed by atoms with van der Waals surface area (Å²) in [5, 5.41) is 4.15. The summed E-state index contributed by atoms with van der Waals surface area (Å²) in [6.07, 6.45) is 6.33. The molecule has 19 heavy (non-hydrogen) atoms. The third-order valence-corrected chi connectivity index (χ3v) is 3.23. The van der Waals surface area contributed by atoms with E-state index < -0.39 is 0 Å². The Balaban J connectivity index is 2.21. The number of aromatic nitrogens is 4. The fourth-order valence-corrected chi connectivity index (χ4v) is 2.14. The van der Waals surface area contributed by atoms with Crippen LogP contribution in [-0.2, 0) is 13.5 Å². The fourth-order valence-electron chi connectivity index (χ4n) is 2.14. The Morgan fingerprint density at radius 1 is 1.26 bits per heavy atom. The molecule has 0 bridgehead atoms. The van der Waals surface area contributed by atoms with Gasteiger partial charge in [0.2, 0.25) is 0 Å². The Kier molecular flexibility index (Phi) is 2.67. The van der Waals surface area contributed by atoms with Gasteiger partial charge in [-0.2, -0.15) is 5.10 Å². The van der Waals surface area contributed by atoms with Gasteiger partial charge in [-0.05, 0) is 18.1 Å². The highest BCUT2D eigenvalue weighted by atomic mass is 15.2.